The highest BCUT2D eigenvalue weighted by atomic mass is 15.1. The average molecular weight is 184 g/mol. The number of likely N-dealkylation sites (tertiary alicyclic amines) is 1. The van der Waals surface area contributed by atoms with E-state index in [9.17, 15) is 0 Å². The van der Waals surface area contributed by atoms with Gasteiger partial charge in [-0.15, -0.1) is 0 Å². The molecule has 0 aliphatic carbocycles. The molecule has 1 saturated heterocycles. The molecule has 0 radical (unpaired) electrons. The number of nitrogens with one attached hydrogen (secondary N) is 1. The minimum Gasteiger partial charge on any atom is -0.310 e. The maximum Gasteiger partial charge on any atom is 0.0197 e. The lowest BCUT2D eigenvalue weighted by atomic mass is 10.0. The van der Waals surface area contributed by atoms with Gasteiger partial charge in [-0.05, 0) is 39.3 Å². The molecule has 1 aliphatic heterocycles. The third-order valence-electron chi connectivity index (χ3n) is 3.08. The Balaban J connectivity index is 2.26. The lowest BCUT2D eigenvalue weighted by molar-refractivity contribution is 0.213. The zero-order valence-corrected chi connectivity index (χ0v) is 9.34. The Morgan fingerprint density at radius 3 is 2.62 bits per heavy atom. The molecule has 13 heavy (non-hydrogen) atoms. The van der Waals surface area contributed by atoms with Gasteiger partial charge >= 0.3 is 0 Å². The van der Waals surface area contributed by atoms with E-state index in [0.717, 1.165) is 12.1 Å². The van der Waals surface area contributed by atoms with Crippen molar-refractivity contribution in [1.82, 2.24) is 10.2 Å². The Labute approximate surface area is 82.7 Å². The Morgan fingerprint density at radius 2 is 2.08 bits per heavy atom. The van der Waals surface area contributed by atoms with Crippen LogP contribution in [0.1, 0.15) is 39.5 Å². The first-order valence-electron chi connectivity index (χ1n) is 5.70. The van der Waals surface area contributed by atoms with Gasteiger partial charge in [-0.1, -0.05) is 13.8 Å². The predicted molar refractivity (Wildman–Crippen MR) is 58.0 cm³/mol. The van der Waals surface area contributed by atoms with Crippen LogP contribution in [0.4, 0.5) is 0 Å². The molecule has 0 spiro atoms. The van der Waals surface area contributed by atoms with Crippen LogP contribution in [0.3, 0.4) is 0 Å². The lowest BCUT2D eigenvalue weighted by Gasteiger charge is -2.32. The van der Waals surface area contributed by atoms with Gasteiger partial charge in [0.05, 0.1) is 0 Å². The fourth-order valence-corrected chi connectivity index (χ4v) is 2.16. The average Bonchev–Trinajstić information content (AvgIpc) is 2.14. The smallest absolute Gasteiger partial charge is 0.0197 e. The molecule has 0 bridgehead atoms. The summed E-state index contributed by atoms with van der Waals surface area (Å²) in [5.74, 6) is 0. The minimum absolute atomic E-state index is 0.733. The number of nitrogens with zero attached hydrogens (tertiary/aromatic N) is 1. The number of piperidine rings is 1. The molecule has 1 rings (SSSR count). The highest BCUT2D eigenvalue weighted by Gasteiger charge is 2.18. The zero-order chi connectivity index (χ0) is 9.68. The van der Waals surface area contributed by atoms with Crippen molar-refractivity contribution in [2.75, 3.05) is 20.1 Å². The first kappa shape index (κ1) is 11.0. The summed E-state index contributed by atoms with van der Waals surface area (Å²) in [4.78, 5) is 2.43. The Morgan fingerprint density at radius 1 is 1.38 bits per heavy atom. The summed E-state index contributed by atoms with van der Waals surface area (Å²) in [6, 6.07) is 1.47. The molecule has 1 heterocycles. The summed E-state index contributed by atoms with van der Waals surface area (Å²) in [7, 11) is 2.22. The molecular weight excluding hydrogens is 160 g/mol. The zero-order valence-electron chi connectivity index (χ0n) is 9.34. The van der Waals surface area contributed by atoms with Crippen LogP contribution < -0.4 is 5.32 Å². The predicted octanol–water partition coefficient (Wildman–Crippen LogP) is 1.86. The molecular formula is C11H24N2. The van der Waals surface area contributed by atoms with Gasteiger partial charge in [0.1, 0.15) is 0 Å². The molecule has 1 unspecified atom stereocenters. The minimum atomic E-state index is 0.733. The van der Waals surface area contributed by atoms with E-state index in [0.29, 0.717) is 0 Å². The molecule has 1 N–H and O–H groups in total. The largest absolute Gasteiger partial charge is 0.310 e. The standard InChI is InChI=1S/C11H24N2/c1-4-10(5-2)12-11-7-6-8-13(3)9-11/h10-12H,4-9H2,1-3H3. The van der Waals surface area contributed by atoms with Gasteiger partial charge in [0.15, 0.2) is 0 Å². The van der Waals surface area contributed by atoms with Gasteiger partial charge < -0.3 is 10.2 Å². The maximum atomic E-state index is 3.74. The van der Waals surface area contributed by atoms with E-state index in [2.05, 4.69) is 31.1 Å². The Kier molecular flexibility index (Phi) is 4.74. The van der Waals surface area contributed by atoms with Gasteiger partial charge in [-0.2, -0.15) is 0 Å². The molecule has 2 nitrogen and oxygen atoms in total. The van der Waals surface area contributed by atoms with Crippen LogP contribution in [-0.2, 0) is 0 Å². The molecule has 0 amide bonds. The fraction of sp³-hybridized carbons (Fsp3) is 1.00. The van der Waals surface area contributed by atoms with Crippen LogP contribution in [0.5, 0.6) is 0 Å². The van der Waals surface area contributed by atoms with Crippen LogP contribution in [0, 0.1) is 0 Å². The van der Waals surface area contributed by atoms with Gasteiger partial charge in [0.2, 0.25) is 0 Å². The van der Waals surface area contributed by atoms with E-state index in [1.165, 1.54) is 38.8 Å². The number of likely N-dealkylation sites (N-methyl/N-ethyl adjacent to an activating group) is 1. The van der Waals surface area contributed by atoms with Crippen molar-refractivity contribution in [3.05, 3.63) is 0 Å². The summed E-state index contributed by atoms with van der Waals surface area (Å²) < 4.78 is 0. The van der Waals surface area contributed by atoms with Gasteiger partial charge in [0.25, 0.3) is 0 Å². The third kappa shape index (κ3) is 3.65. The van der Waals surface area contributed by atoms with E-state index < -0.39 is 0 Å². The highest BCUT2D eigenvalue weighted by Crippen LogP contribution is 2.10. The fourth-order valence-electron chi connectivity index (χ4n) is 2.16. The molecule has 2 heteroatoms. The molecule has 0 aromatic carbocycles. The summed E-state index contributed by atoms with van der Waals surface area (Å²) in [6.07, 6.45) is 5.24. The van der Waals surface area contributed by atoms with Crippen molar-refractivity contribution in [2.24, 2.45) is 0 Å². The van der Waals surface area contributed by atoms with Crippen molar-refractivity contribution < 1.29 is 0 Å². The molecule has 0 saturated carbocycles. The molecule has 1 atom stereocenters. The van der Waals surface area contributed by atoms with Crippen LogP contribution in [-0.4, -0.2) is 37.1 Å². The summed E-state index contributed by atoms with van der Waals surface area (Å²) in [5, 5.41) is 3.74. The Hall–Kier alpha value is -0.0800. The van der Waals surface area contributed by atoms with Crippen molar-refractivity contribution in [1.29, 1.82) is 0 Å². The van der Waals surface area contributed by atoms with E-state index in [1.54, 1.807) is 0 Å². The number of hydrogen-bond donors (Lipinski definition) is 1. The lowest BCUT2D eigenvalue weighted by Crippen LogP contribution is -2.47. The van der Waals surface area contributed by atoms with Gasteiger partial charge in [0, 0.05) is 18.6 Å². The van der Waals surface area contributed by atoms with Crippen LogP contribution in [0.2, 0.25) is 0 Å². The molecule has 0 aromatic heterocycles. The van der Waals surface area contributed by atoms with E-state index >= 15 is 0 Å². The van der Waals surface area contributed by atoms with E-state index in [-0.39, 0.29) is 0 Å². The Bertz CT molecular complexity index is 132. The topological polar surface area (TPSA) is 15.3 Å². The maximum absolute atomic E-state index is 3.74. The van der Waals surface area contributed by atoms with Crippen molar-refractivity contribution in [3.63, 3.8) is 0 Å². The van der Waals surface area contributed by atoms with Crippen molar-refractivity contribution >= 4 is 0 Å². The summed E-state index contributed by atoms with van der Waals surface area (Å²) in [6.45, 7) is 7.05. The number of hydrogen-bond acceptors (Lipinski definition) is 2. The summed E-state index contributed by atoms with van der Waals surface area (Å²) >= 11 is 0. The van der Waals surface area contributed by atoms with Crippen molar-refractivity contribution in [2.45, 2.75) is 51.6 Å². The first-order valence-corrected chi connectivity index (χ1v) is 5.70. The van der Waals surface area contributed by atoms with Crippen LogP contribution in [0.25, 0.3) is 0 Å². The second-order valence-electron chi connectivity index (χ2n) is 4.28. The van der Waals surface area contributed by atoms with Gasteiger partial charge in [-0.25, -0.2) is 0 Å². The third-order valence-corrected chi connectivity index (χ3v) is 3.08. The second-order valence-corrected chi connectivity index (χ2v) is 4.28. The first-order chi connectivity index (χ1) is 6.26. The molecule has 78 valence electrons. The monoisotopic (exact) mass is 184 g/mol. The normalized spacial score (nSPS) is 25.4. The van der Waals surface area contributed by atoms with E-state index in [1.807, 2.05) is 0 Å². The SMILES string of the molecule is CCC(CC)NC1CCCN(C)C1. The molecule has 1 fully saturated rings. The molecule has 1 aliphatic rings. The summed E-state index contributed by atoms with van der Waals surface area (Å²) in [5.41, 5.74) is 0. The van der Waals surface area contributed by atoms with E-state index in [4.69, 9.17) is 0 Å². The number of rotatable bonds is 4. The van der Waals surface area contributed by atoms with Crippen molar-refractivity contribution in [3.8, 4) is 0 Å². The van der Waals surface area contributed by atoms with Crippen LogP contribution in [0.15, 0.2) is 0 Å². The quantitative estimate of drug-likeness (QED) is 0.717. The second kappa shape index (κ2) is 5.61. The molecule has 0 aromatic rings. The van der Waals surface area contributed by atoms with Gasteiger partial charge in [-0.3, -0.25) is 0 Å². The highest BCUT2D eigenvalue weighted by molar-refractivity contribution is 4.79. The van der Waals surface area contributed by atoms with Crippen LogP contribution >= 0.6 is 0 Å².